The van der Waals surface area contributed by atoms with Crippen LogP contribution in [0.5, 0.6) is 0 Å². The lowest BCUT2D eigenvalue weighted by Gasteiger charge is -2.28. The maximum Gasteiger partial charge on any atom is 0.323 e. The van der Waals surface area contributed by atoms with E-state index in [0.29, 0.717) is 61.0 Å². The number of aromatic nitrogens is 3. The Balaban J connectivity index is 1.12. The molecule has 3 aliphatic heterocycles. The Morgan fingerprint density at radius 1 is 0.756 bits per heavy atom. The van der Waals surface area contributed by atoms with Gasteiger partial charge in [0.15, 0.2) is 5.82 Å². The van der Waals surface area contributed by atoms with Crippen LogP contribution in [0.2, 0.25) is 0 Å². The predicted molar refractivity (Wildman–Crippen MR) is 175 cm³/mol. The van der Waals surface area contributed by atoms with Crippen LogP contribution in [-0.4, -0.2) is 122 Å². The molecular formula is C32H42N10O3. The van der Waals surface area contributed by atoms with Gasteiger partial charge in [0.2, 0.25) is 11.9 Å². The zero-order valence-corrected chi connectivity index (χ0v) is 25.9. The number of hydrogen-bond acceptors (Lipinski definition) is 10. The fourth-order valence-electron chi connectivity index (χ4n) is 5.76. The molecule has 0 bridgehead atoms. The van der Waals surface area contributed by atoms with E-state index in [9.17, 15) is 9.59 Å². The van der Waals surface area contributed by atoms with E-state index in [1.165, 1.54) is 0 Å². The van der Waals surface area contributed by atoms with E-state index in [1.807, 2.05) is 29.2 Å². The molecule has 0 spiro atoms. The largest absolute Gasteiger partial charge is 0.378 e. The summed E-state index contributed by atoms with van der Waals surface area (Å²) in [5, 5.41) is 8.97. The minimum absolute atomic E-state index is 0.00418. The molecule has 13 nitrogen and oxygen atoms in total. The van der Waals surface area contributed by atoms with Crippen LogP contribution in [0.25, 0.3) is 11.4 Å². The van der Waals surface area contributed by atoms with E-state index < -0.39 is 0 Å². The number of piperazine rings is 1. The maximum atomic E-state index is 12.8. The van der Waals surface area contributed by atoms with Crippen LogP contribution < -0.4 is 25.8 Å². The third-order valence-corrected chi connectivity index (χ3v) is 8.42. The van der Waals surface area contributed by atoms with Crippen molar-refractivity contribution < 1.29 is 14.3 Å². The Bertz CT molecular complexity index is 1440. The van der Waals surface area contributed by atoms with Crippen LogP contribution >= 0.6 is 0 Å². The minimum atomic E-state index is -0.372. The second-order valence-corrected chi connectivity index (χ2v) is 11.4. The summed E-state index contributed by atoms with van der Waals surface area (Å²) in [4.78, 5) is 48.8. The zero-order chi connectivity index (χ0) is 31.0. The molecule has 0 aliphatic carbocycles. The average molecular weight is 615 g/mol. The Hall–Kier alpha value is -4.33. The van der Waals surface area contributed by atoms with Crippen LogP contribution in [0, 0.1) is 0 Å². The first-order chi connectivity index (χ1) is 22.1. The number of likely N-dealkylation sites (N-methyl/N-ethyl adjacent to an activating group) is 1. The van der Waals surface area contributed by atoms with Crippen molar-refractivity contribution in [2.75, 3.05) is 106 Å². The number of anilines is 4. The molecule has 3 fully saturated rings. The van der Waals surface area contributed by atoms with Crippen molar-refractivity contribution in [3.05, 3.63) is 54.1 Å². The highest BCUT2D eigenvalue weighted by atomic mass is 16.5. The van der Waals surface area contributed by atoms with E-state index in [0.717, 1.165) is 70.9 Å². The highest BCUT2D eigenvalue weighted by Gasteiger charge is 2.22. The molecule has 0 unspecified atom stereocenters. The van der Waals surface area contributed by atoms with Gasteiger partial charge in [-0.1, -0.05) is 6.92 Å². The molecule has 0 saturated carbocycles. The highest BCUT2D eigenvalue weighted by Crippen LogP contribution is 2.24. The number of carbonyl (C=O) groups excluding carboxylic acids is 2. The Morgan fingerprint density at radius 3 is 2.02 bits per heavy atom. The van der Waals surface area contributed by atoms with Gasteiger partial charge >= 0.3 is 6.03 Å². The van der Waals surface area contributed by atoms with Crippen LogP contribution in [-0.2, 0) is 4.74 Å². The SMILES string of the molecule is CCN1CCCN(c2nc(-c3ccc(NC(=O)Nc4ccc(C(=O)N5CCNCC5)cc4)cc3)nc(N3CCOCC3)n2)CC1. The lowest BCUT2D eigenvalue weighted by atomic mass is 10.1. The van der Waals surface area contributed by atoms with Gasteiger partial charge in [-0.15, -0.1) is 0 Å². The summed E-state index contributed by atoms with van der Waals surface area (Å²) in [6.45, 7) is 12.8. The number of nitrogens with zero attached hydrogens (tertiary/aromatic N) is 7. The molecule has 3 aromatic rings. The van der Waals surface area contributed by atoms with Crippen molar-refractivity contribution in [2.45, 2.75) is 13.3 Å². The van der Waals surface area contributed by atoms with E-state index in [1.54, 1.807) is 24.3 Å². The van der Waals surface area contributed by atoms with E-state index in [-0.39, 0.29) is 11.9 Å². The number of morpholine rings is 1. The van der Waals surface area contributed by atoms with Crippen molar-refractivity contribution in [1.29, 1.82) is 0 Å². The second-order valence-electron chi connectivity index (χ2n) is 11.4. The number of benzene rings is 2. The number of ether oxygens (including phenoxy) is 1. The van der Waals surface area contributed by atoms with Crippen molar-refractivity contribution in [3.63, 3.8) is 0 Å². The molecule has 0 radical (unpaired) electrons. The number of rotatable bonds is 7. The van der Waals surface area contributed by atoms with E-state index >= 15 is 0 Å². The molecule has 1 aromatic heterocycles. The summed E-state index contributed by atoms with van der Waals surface area (Å²) in [7, 11) is 0. The van der Waals surface area contributed by atoms with Gasteiger partial charge in [-0.25, -0.2) is 4.79 Å². The number of nitrogens with one attached hydrogen (secondary N) is 3. The first-order valence-electron chi connectivity index (χ1n) is 15.9. The number of carbonyl (C=O) groups is 2. The number of amides is 3. The molecule has 4 heterocycles. The molecule has 0 atom stereocenters. The summed E-state index contributed by atoms with van der Waals surface area (Å²) in [6.07, 6.45) is 1.06. The van der Waals surface area contributed by atoms with Gasteiger partial charge < -0.3 is 40.3 Å². The second kappa shape index (κ2) is 14.6. The van der Waals surface area contributed by atoms with Crippen LogP contribution in [0.1, 0.15) is 23.7 Å². The standard InChI is InChI=1S/C32H42N10O3/c1-2-39-14-3-15-41(19-18-39)30-36-28(37-31(38-30)42-20-22-45-23-21-42)24-4-8-26(9-5-24)34-32(44)35-27-10-6-25(7-11-27)29(43)40-16-12-33-13-17-40/h4-11,33H,2-3,12-23H2,1H3,(H2,34,35,44). The summed E-state index contributed by atoms with van der Waals surface area (Å²) in [5.74, 6) is 1.97. The molecule has 45 heavy (non-hydrogen) atoms. The van der Waals surface area contributed by atoms with Crippen molar-refractivity contribution in [2.24, 2.45) is 0 Å². The van der Waals surface area contributed by atoms with Crippen LogP contribution in [0.4, 0.5) is 28.1 Å². The minimum Gasteiger partial charge on any atom is -0.378 e. The zero-order valence-electron chi connectivity index (χ0n) is 25.9. The molecule has 238 valence electrons. The molecule has 3 aliphatic rings. The molecular weight excluding hydrogens is 572 g/mol. The van der Waals surface area contributed by atoms with Gasteiger partial charge in [0.1, 0.15) is 0 Å². The van der Waals surface area contributed by atoms with Crippen LogP contribution in [0.15, 0.2) is 48.5 Å². The van der Waals surface area contributed by atoms with E-state index in [2.05, 4.69) is 37.6 Å². The first-order valence-corrected chi connectivity index (χ1v) is 15.9. The quantitative estimate of drug-likeness (QED) is 0.365. The molecule has 3 saturated heterocycles. The van der Waals surface area contributed by atoms with Gasteiger partial charge in [-0.2, -0.15) is 15.0 Å². The molecule has 13 heteroatoms. The fraction of sp³-hybridized carbons (Fsp3) is 0.469. The molecule has 6 rings (SSSR count). The highest BCUT2D eigenvalue weighted by molar-refractivity contribution is 6.00. The summed E-state index contributed by atoms with van der Waals surface area (Å²) >= 11 is 0. The predicted octanol–water partition coefficient (Wildman–Crippen LogP) is 2.60. The fourth-order valence-corrected chi connectivity index (χ4v) is 5.76. The molecule has 2 aromatic carbocycles. The van der Waals surface area contributed by atoms with Crippen molar-refractivity contribution in [1.82, 2.24) is 30.1 Å². The average Bonchev–Trinajstić information content (AvgIpc) is 3.35. The van der Waals surface area contributed by atoms with Gasteiger partial charge in [-0.3, -0.25) is 4.79 Å². The summed E-state index contributed by atoms with van der Waals surface area (Å²) in [5.41, 5.74) is 2.69. The number of urea groups is 1. The van der Waals surface area contributed by atoms with Crippen molar-refractivity contribution >= 4 is 35.2 Å². The topological polar surface area (TPSA) is 131 Å². The van der Waals surface area contributed by atoms with E-state index in [4.69, 9.17) is 19.7 Å². The summed E-state index contributed by atoms with van der Waals surface area (Å²) in [6, 6.07) is 14.1. The van der Waals surface area contributed by atoms with Crippen LogP contribution in [0.3, 0.4) is 0 Å². The third kappa shape index (κ3) is 7.85. The smallest absolute Gasteiger partial charge is 0.323 e. The Morgan fingerprint density at radius 2 is 1.38 bits per heavy atom. The Labute approximate surface area is 264 Å². The summed E-state index contributed by atoms with van der Waals surface area (Å²) < 4.78 is 5.56. The maximum absolute atomic E-state index is 12.8. The number of hydrogen-bond donors (Lipinski definition) is 3. The normalized spacial score (nSPS) is 17.9. The van der Waals surface area contributed by atoms with Gasteiger partial charge in [0.25, 0.3) is 5.91 Å². The monoisotopic (exact) mass is 614 g/mol. The lowest BCUT2D eigenvalue weighted by molar-refractivity contribution is 0.0736. The lowest BCUT2D eigenvalue weighted by Crippen LogP contribution is -2.46. The molecule has 3 N–H and O–H groups in total. The third-order valence-electron chi connectivity index (χ3n) is 8.42. The van der Waals surface area contributed by atoms with Gasteiger partial charge in [0.05, 0.1) is 13.2 Å². The molecule has 3 amide bonds. The van der Waals surface area contributed by atoms with Crippen molar-refractivity contribution in [3.8, 4) is 11.4 Å². The first kappa shape index (κ1) is 30.7. The van der Waals surface area contributed by atoms with Gasteiger partial charge in [0, 0.05) is 81.4 Å². The van der Waals surface area contributed by atoms with Gasteiger partial charge in [-0.05, 0) is 68.0 Å². The Kier molecular flexibility index (Phi) is 9.98.